The standard InChI is InChI=1S/C21H22N4S.C19H25N5O2.C18H23N5.C17H23N5O.C17H22N4S/c1-14(2)12-25-19-16-10-6-7-11-17(16)23-20(22)18(19)24-21(25)26-13-15-8-4-3-5-9-15;1-12(2)11-24-17-14-7-5-6-8-15(14)21-18(20)16(17)22-19(24)23(4)9-10-26-13(3)25;1-5-10-22(4)18-21-15-16(23(18)11-12(2)3)13-8-6-7-9-14(13)20-17(15)19;1-11(2)10-22-15-12-6-4-5-7-13(12)19-16(18)14(15)20-17(22)21(3)8-9-23;1-4-9-22-17-20-14-15(21(17)10-11(2)3)12-7-5-6-8-13(12)19-16(14)18/h3-11,14H,12-13H2,1-2H3,(H2,22,23);5-8,12H,9-11H2,1-4H3,(H2,20,21);5-9,12H,1,10-11H2,2-4H3,(H2,19,20);4-7,11,23H,8-10H2,1-3H3,(H2,18,19);5-8,11H,4,9-10H2,1-3H3,(H2,18,19). The summed E-state index contributed by atoms with van der Waals surface area (Å²) in [5.41, 5.74) is 45.9. The molecule has 28 heteroatoms. The molecule has 0 atom stereocenters. The van der Waals surface area contributed by atoms with E-state index in [4.69, 9.17) is 58.3 Å². The molecule has 120 heavy (non-hydrogen) atoms. The average Bonchev–Trinajstić information content (AvgIpc) is 1.61. The zero-order valence-corrected chi connectivity index (χ0v) is 73.4. The molecule has 26 nitrogen and oxygen atoms in total. The van der Waals surface area contributed by atoms with Crippen LogP contribution in [-0.2, 0) is 48.0 Å². The molecule has 0 bridgehead atoms. The number of esters is 1. The number of likely N-dealkylation sites (N-methyl/N-ethyl adjacent to an activating group) is 3. The first-order valence-corrected chi connectivity index (χ1v) is 43.2. The number of rotatable bonds is 26. The zero-order chi connectivity index (χ0) is 85.8. The Balaban J connectivity index is 0.000000138. The summed E-state index contributed by atoms with van der Waals surface area (Å²) in [6.07, 6.45) is 3.00. The Morgan fingerprint density at radius 2 is 0.708 bits per heavy atom. The fraction of sp³-hybridized carbons (Fsp3) is 0.359. The number of nitrogen functional groups attached to an aromatic ring is 5. The van der Waals surface area contributed by atoms with Crippen LogP contribution < -0.4 is 43.4 Å². The highest BCUT2D eigenvalue weighted by Gasteiger charge is 2.26. The summed E-state index contributed by atoms with van der Waals surface area (Å²) in [5, 5.41) is 16.7. The van der Waals surface area contributed by atoms with Gasteiger partial charge in [-0.2, -0.15) is 0 Å². The number of thioether (sulfide) groups is 2. The first kappa shape index (κ1) is 87.3. The number of hydrogen-bond acceptors (Lipinski definition) is 23. The summed E-state index contributed by atoms with van der Waals surface area (Å²) < 4.78 is 16.3. The summed E-state index contributed by atoms with van der Waals surface area (Å²) in [6, 6.07) is 50.8. The molecule has 0 aliphatic carbocycles. The second-order valence-corrected chi connectivity index (χ2v) is 34.3. The lowest BCUT2D eigenvalue weighted by atomic mass is 10.1. The number of aromatic nitrogens is 15. The van der Waals surface area contributed by atoms with Crippen LogP contribution in [-0.4, -0.2) is 143 Å². The number of hydrogen-bond donors (Lipinski definition) is 6. The maximum atomic E-state index is 11.0. The molecule has 0 fully saturated rings. The average molecular weight is 1660 g/mol. The van der Waals surface area contributed by atoms with Crippen molar-refractivity contribution in [2.45, 2.75) is 138 Å². The topological polar surface area (TPSA) is 340 Å². The number of para-hydroxylation sites is 5. The molecule has 0 amide bonds. The molecule has 628 valence electrons. The second kappa shape index (κ2) is 39.3. The molecular formula is C92H115N23O3S2. The van der Waals surface area contributed by atoms with Gasteiger partial charge in [-0.25, -0.2) is 49.8 Å². The van der Waals surface area contributed by atoms with Crippen molar-refractivity contribution in [2.24, 2.45) is 29.6 Å². The van der Waals surface area contributed by atoms with E-state index in [1.807, 2.05) is 140 Å². The molecule has 10 heterocycles. The Morgan fingerprint density at radius 3 is 1.02 bits per heavy atom. The molecule has 0 saturated carbocycles. The van der Waals surface area contributed by atoms with Crippen LogP contribution in [0.15, 0.2) is 175 Å². The van der Waals surface area contributed by atoms with Crippen LogP contribution in [0.5, 0.6) is 0 Å². The molecule has 0 aliphatic heterocycles. The highest BCUT2D eigenvalue weighted by molar-refractivity contribution is 7.99. The fourth-order valence-electron chi connectivity index (χ4n) is 14.9. The van der Waals surface area contributed by atoms with Gasteiger partial charge in [0.25, 0.3) is 0 Å². The van der Waals surface area contributed by atoms with Gasteiger partial charge >= 0.3 is 5.97 Å². The van der Waals surface area contributed by atoms with Gasteiger partial charge in [0.1, 0.15) is 34.2 Å². The monoisotopic (exact) mass is 1650 g/mol. The summed E-state index contributed by atoms with van der Waals surface area (Å²) in [6.45, 7) is 36.0. The van der Waals surface area contributed by atoms with Crippen molar-refractivity contribution in [2.75, 3.05) is 103 Å². The van der Waals surface area contributed by atoms with Gasteiger partial charge in [-0.15, -0.1) is 6.58 Å². The molecule has 0 radical (unpaired) electrons. The smallest absolute Gasteiger partial charge is 0.302 e. The minimum atomic E-state index is -0.284. The van der Waals surface area contributed by atoms with Gasteiger partial charge < -0.3 is 76.0 Å². The largest absolute Gasteiger partial charge is 0.464 e. The van der Waals surface area contributed by atoms with E-state index in [9.17, 15) is 9.90 Å². The van der Waals surface area contributed by atoms with Crippen molar-refractivity contribution in [1.82, 2.24) is 72.7 Å². The first-order chi connectivity index (χ1) is 57.7. The number of ether oxygens (including phenoxy) is 1. The SMILES string of the molecule is C=CCN(C)c1nc2c(N)nc3ccccc3c2n1CC(C)C.CC(=O)OCCN(C)c1nc2c(N)nc3ccccc3c2n1CC(C)C.CC(C)Cn1c(N(C)CCO)nc2c(N)nc3ccccc3c21.CC(C)Cn1c(SCc2ccccc2)nc2c(N)nc3ccccc3c21.CCCSc1nc2c(N)nc3ccccc3c2n1CC(C)C. The number of nitrogens with two attached hydrogens (primary N) is 5. The Kier molecular flexibility index (Phi) is 28.6. The number of anilines is 8. The van der Waals surface area contributed by atoms with E-state index in [2.05, 4.69) is 184 Å². The lowest BCUT2D eigenvalue weighted by Gasteiger charge is -2.21. The number of nitrogens with zero attached hydrogens (tertiary/aromatic N) is 18. The van der Waals surface area contributed by atoms with Crippen LogP contribution in [0, 0.1) is 29.6 Å². The Hall–Kier alpha value is -12.0. The van der Waals surface area contributed by atoms with E-state index >= 15 is 0 Å². The van der Waals surface area contributed by atoms with Crippen LogP contribution in [0.3, 0.4) is 0 Å². The van der Waals surface area contributed by atoms with Crippen molar-refractivity contribution < 1.29 is 14.6 Å². The number of fused-ring (bicyclic) bond motifs is 15. The lowest BCUT2D eigenvalue weighted by Crippen LogP contribution is -2.27. The molecule has 0 aliphatic rings. The summed E-state index contributed by atoms with van der Waals surface area (Å²) in [4.78, 5) is 63.5. The van der Waals surface area contributed by atoms with Crippen LogP contribution in [0.4, 0.5) is 46.9 Å². The number of imidazole rings is 5. The normalized spacial score (nSPS) is 11.6. The minimum absolute atomic E-state index is 0.0792. The molecule has 0 saturated heterocycles. The van der Waals surface area contributed by atoms with E-state index in [0.29, 0.717) is 83.9 Å². The van der Waals surface area contributed by atoms with Crippen LogP contribution in [0.25, 0.3) is 110 Å². The van der Waals surface area contributed by atoms with Crippen molar-refractivity contribution in [3.05, 3.63) is 170 Å². The fourth-order valence-corrected chi connectivity index (χ4v) is 16.7. The highest BCUT2D eigenvalue weighted by Crippen LogP contribution is 2.39. The first-order valence-electron chi connectivity index (χ1n) is 41.2. The van der Waals surface area contributed by atoms with Crippen molar-refractivity contribution in [1.29, 1.82) is 0 Å². The number of carbonyl (C=O) groups excluding carboxylic acids is 1. The third-order valence-corrected chi connectivity index (χ3v) is 22.1. The van der Waals surface area contributed by atoms with Gasteiger partial charge in [-0.1, -0.05) is 227 Å². The van der Waals surface area contributed by atoms with E-state index in [1.165, 1.54) is 12.5 Å². The lowest BCUT2D eigenvalue weighted by molar-refractivity contribution is -0.140. The minimum Gasteiger partial charge on any atom is -0.464 e. The summed E-state index contributed by atoms with van der Waals surface area (Å²) in [5.74, 6) is 9.00. The molecule has 11 N–H and O–H groups in total. The van der Waals surface area contributed by atoms with E-state index in [-0.39, 0.29) is 12.6 Å². The van der Waals surface area contributed by atoms with Crippen molar-refractivity contribution in [3.8, 4) is 0 Å². The van der Waals surface area contributed by atoms with E-state index in [0.717, 1.165) is 190 Å². The number of aliphatic hydroxyl groups excluding tert-OH is 1. The van der Waals surface area contributed by atoms with Gasteiger partial charge in [-0.3, -0.25) is 4.79 Å². The number of aliphatic hydroxyl groups is 1. The Morgan fingerprint density at radius 1 is 0.417 bits per heavy atom. The van der Waals surface area contributed by atoms with Gasteiger partial charge in [0.15, 0.2) is 39.4 Å². The third kappa shape index (κ3) is 19.6. The van der Waals surface area contributed by atoms with Gasteiger partial charge in [0.2, 0.25) is 17.8 Å². The summed E-state index contributed by atoms with van der Waals surface area (Å²) in [7, 11) is 5.89. The van der Waals surface area contributed by atoms with Crippen LogP contribution in [0.2, 0.25) is 0 Å². The van der Waals surface area contributed by atoms with Gasteiger partial charge in [-0.05, 0) is 71.9 Å². The highest BCUT2D eigenvalue weighted by atomic mass is 32.2. The van der Waals surface area contributed by atoms with Crippen LogP contribution in [0.1, 0.15) is 95.1 Å². The quantitative estimate of drug-likeness (QED) is 0.0167. The Bertz CT molecular complexity index is 6270. The third-order valence-electron chi connectivity index (χ3n) is 19.9. The second-order valence-electron chi connectivity index (χ2n) is 32.3. The van der Waals surface area contributed by atoms with Crippen molar-refractivity contribution >= 4 is 186 Å². The van der Waals surface area contributed by atoms with Crippen LogP contribution >= 0.6 is 23.5 Å². The van der Waals surface area contributed by atoms with Crippen molar-refractivity contribution in [3.63, 3.8) is 0 Å². The molecule has 16 aromatic rings. The van der Waals surface area contributed by atoms with E-state index < -0.39 is 0 Å². The van der Waals surface area contributed by atoms with Gasteiger partial charge in [0, 0.05) is 112 Å². The molecule has 16 rings (SSSR count). The zero-order valence-electron chi connectivity index (χ0n) is 71.8. The summed E-state index contributed by atoms with van der Waals surface area (Å²) >= 11 is 3.55. The number of pyridine rings is 5. The maximum absolute atomic E-state index is 11.0. The Labute approximate surface area is 710 Å². The van der Waals surface area contributed by atoms with Gasteiger partial charge in [0.05, 0.1) is 68.3 Å². The predicted molar refractivity (Wildman–Crippen MR) is 502 cm³/mol. The molecule has 6 aromatic carbocycles. The molecule has 10 aromatic heterocycles. The van der Waals surface area contributed by atoms with E-state index in [1.54, 1.807) is 23.5 Å². The maximum Gasteiger partial charge on any atom is 0.302 e. The number of benzene rings is 6. The molecule has 0 spiro atoms. The predicted octanol–water partition coefficient (Wildman–Crippen LogP) is 18.0. The number of carbonyl (C=O) groups is 1. The molecular weight excluding hydrogens is 1540 g/mol. The molecule has 0 unspecified atom stereocenters.